The van der Waals surface area contributed by atoms with Crippen molar-refractivity contribution in [3.63, 3.8) is 0 Å². The second-order valence-corrected chi connectivity index (χ2v) is 3.67. The Morgan fingerprint density at radius 2 is 1.67 bits per heavy atom. The van der Waals surface area contributed by atoms with Crippen molar-refractivity contribution >= 4 is 0 Å². The first kappa shape index (κ1) is 10.9. The van der Waals surface area contributed by atoms with Crippen LogP contribution in [0.2, 0.25) is 0 Å². The minimum atomic E-state index is -0.769. The van der Waals surface area contributed by atoms with E-state index in [1.807, 2.05) is 6.92 Å². The van der Waals surface area contributed by atoms with E-state index in [2.05, 4.69) is 11.8 Å². The van der Waals surface area contributed by atoms with Gasteiger partial charge in [0.15, 0.2) is 0 Å². The van der Waals surface area contributed by atoms with Crippen molar-refractivity contribution in [3.05, 3.63) is 0 Å². The molecule has 2 aliphatic heterocycles. The summed E-state index contributed by atoms with van der Waals surface area (Å²) in [5.74, 6) is 4.32. The quantitative estimate of drug-likeness (QED) is 0.605. The average molecular weight is 212 g/mol. The van der Waals surface area contributed by atoms with Gasteiger partial charge in [0.2, 0.25) is 11.6 Å². The van der Waals surface area contributed by atoms with E-state index in [0.29, 0.717) is 32.8 Å². The highest BCUT2D eigenvalue weighted by molar-refractivity contribution is 5.09. The van der Waals surface area contributed by atoms with Gasteiger partial charge in [-0.2, -0.15) is 0 Å². The molecule has 2 fully saturated rings. The van der Waals surface area contributed by atoms with Crippen LogP contribution in [0, 0.1) is 11.8 Å². The van der Waals surface area contributed by atoms with Crippen LogP contribution in [0.3, 0.4) is 0 Å². The summed E-state index contributed by atoms with van der Waals surface area (Å²) in [6.07, 6.45) is 0.698. The largest absolute Gasteiger partial charge is 0.343 e. The predicted molar refractivity (Wildman–Crippen MR) is 53.0 cm³/mol. The van der Waals surface area contributed by atoms with Crippen molar-refractivity contribution < 1.29 is 18.9 Å². The lowest BCUT2D eigenvalue weighted by Crippen LogP contribution is -2.53. The molecule has 0 bridgehead atoms. The Morgan fingerprint density at radius 3 is 2.13 bits per heavy atom. The number of rotatable bonds is 1. The van der Waals surface area contributed by atoms with E-state index < -0.39 is 11.6 Å². The maximum Gasteiger partial charge on any atom is 0.233 e. The minimum absolute atomic E-state index is 0.384. The van der Waals surface area contributed by atoms with Crippen LogP contribution < -0.4 is 0 Å². The Balaban J connectivity index is 2.02. The molecule has 0 aromatic carbocycles. The molecule has 2 heterocycles. The Bertz CT molecular complexity index is 273. The molecule has 4 heteroatoms. The van der Waals surface area contributed by atoms with E-state index in [9.17, 15) is 0 Å². The molecule has 0 unspecified atom stereocenters. The van der Waals surface area contributed by atoms with Crippen LogP contribution in [0.1, 0.15) is 20.3 Å². The summed E-state index contributed by atoms with van der Waals surface area (Å²) >= 11 is 0. The summed E-state index contributed by atoms with van der Waals surface area (Å²) in [6.45, 7) is 5.73. The predicted octanol–water partition coefficient (Wildman–Crippen LogP) is 0.906. The van der Waals surface area contributed by atoms with Crippen LogP contribution in [-0.2, 0) is 18.9 Å². The lowest BCUT2D eigenvalue weighted by atomic mass is 10.1. The molecule has 15 heavy (non-hydrogen) atoms. The summed E-state index contributed by atoms with van der Waals surface area (Å²) < 4.78 is 22.2. The van der Waals surface area contributed by atoms with Crippen molar-refractivity contribution in [1.82, 2.24) is 0 Å². The van der Waals surface area contributed by atoms with E-state index in [-0.39, 0.29) is 0 Å². The third kappa shape index (κ3) is 2.01. The molecule has 2 rings (SSSR count). The molecule has 0 radical (unpaired) electrons. The van der Waals surface area contributed by atoms with Gasteiger partial charge in [0.1, 0.15) is 13.2 Å². The fraction of sp³-hybridized carbons (Fsp3) is 0.818. The fourth-order valence-electron chi connectivity index (χ4n) is 1.76. The summed E-state index contributed by atoms with van der Waals surface area (Å²) in [7, 11) is 0. The van der Waals surface area contributed by atoms with Gasteiger partial charge < -0.3 is 18.9 Å². The van der Waals surface area contributed by atoms with Gasteiger partial charge in [0, 0.05) is 6.42 Å². The van der Waals surface area contributed by atoms with Crippen LogP contribution in [0.15, 0.2) is 0 Å². The summed E-state index contributed by atoms with van der Waals surface area (Å²) in [4.78, 5) is 0. The van der Waals surface area contributed by atoms with Crippen molar-refractivity contribution in [2.75, 3.05) is 26.4 Å². The van der Waals surface area contributed by atoms with E-state index in [4.69, 9.17) is 18.9 Å². The second kappa shape index (κ2) is 4.11. The van der Waals surface area contributed by atoms with Crippen molar-refractivity contribution in [1.29, 1.82) is 0 Å². The van der Waals surface area contributed by atoms with Gasteiger partial charge in [-0.15, -0.1) is 5.92 Å². The monoisotopic (exact) mass is 212 g/mol. The number of hydrogen-bond acceptors (Lipinski definition) is 4. The first-order chi connectivity index (χ1) is 7.24. The van der Waals surface area contributed by atoms with E-state index in [1.165, 1.54) is 0 Å². The zero-order chi connectivity index (χ0) is 10.8. The Kier molecular flexibility index (Phi) is 2.98. The smallest absolute Gasteiger partial charge is 0.233 e. The molecule has 0 aliphatic carbocycles. The normalized spacial score (nSPS) is 27.3. The zero-order valence-corrected chi connectivity index (χ0v) is 9.17. The van der Waals surface area contributed by atoms with Gasteiger partial charge in [0.25, 0.3) is 0 Å². The van der Waals surface area contributed by atoms with Gasteiger partial charge in [-0.25, -0.2) is 0 Å². The van der Waals surface area contributed by atoms with Gasteiger partial charge >= 0.3 is 0 Å². The average Bonchev–Trinajstić information content (AvgIpc) is 2.72. The molecule has 0 atom stereocenters. The SMILES string of the molecule is CC#CC1(CC)OCC2(CO1)OCCO2. The van der Waals surface area contributed by atoms with Gasteiger partial charge in [-0.3, -0.25) is 0 Å². The van der Waals surface area contributed by atoms with Crippen LogP contribution in [-0.4, -0.2) is 38.0 Å². The van der Waals surface area contributed by atoms with Gasteiger partial charge in [-0.05, 0) is 12.8 Å². The van der Waals surface area contributed by atoms with Crippen molar-refractivity contribution in [2.45, 2.75) is 31.8 Å². The molecule has 2 aliphatic rings. The third-order valence-electron chi connectivity index (χ3n) is 2.64. The van der Waals surface area contributed by atoms with E-state index in [1.54, 1.807) is 6.92 Å². The highest BCUT2D eigenvalue weighted by Crippen LogP contribution is 2.31. The number of hydrogen-bond donors (Lipinski definition) is 0. The standard InChI is InChI=1S/C11H16O4/c1-3-5-10(4-2)14-8-11(9-15-10)12-6-7-13-11/h4,6-9H2,1-2H3. The Labute approximate surface area is 89.8 Å². The van der Waals surface area contributed by atoms with E-state index in [0.717, 1.165) is 0 Å². The van der Waals surface area contributed by atoms with Crippen LogP contribution in [0.4, 0.5) is 0 Å². The lowest BCUT2D eigenvalue weighted by Gasteiger charge is -2.40. The highest BCUT2D eigenvalue weighted by Gasteiger charge is 2.47. The molecule has 0 amide bonds. The van der Waals surface area contributed by atoms with Crippen LogP contribution in [0.25, 0.3) is 0 Å². The lowest BCUT2D eigenvalue weighted by molar-refractivity contribution is -0.342. The van der Waals surface area contributed by atoms with E-state index >= 15 is 0 Å². The fourth-order valence-corrected chi connectivity index (χ4v) is 1.76. The van der Waals surface area contributed by atoms with Gasteiger partial charge in [0.05, 0.1) is 13.2 Å². The second-order valence-electron chi connectivity index (χ2n) is 3.67. The van der Waals surface area contributed by atoms with Crippen molar-refractivity contribution in [2.24, 2.45) is 0 Å². The molecule has 0 aromatic heterocycles. The van der Waals surface area contributed by atoms with Crippen molar-refractivity contribution in [3.8, 4) is 11.8 Å². The topological polar surface area (TPSA) is 36.9 Å². The molecule has 1 spiro atoms. The molecular formula is C11H16O4. The zero-order valence-electron chi connectivity index (χ0n) is 9.17. The first-order valence-corrected chi connectivity index (χ1v) is 5.24. The summed E-state index contributed by atoms with van der Waals surface area (Å²) in [5.41, 5.74) is 0. The molecule has 4 nitrogen and oxygen atoms in total. The summed E-state index contributed by atoms with van der Waals surface area (Å²) in [5, 5.41) is 0. The molecule has 0 N–H and O–H groups in total. The molecule has 2 saturated heterocycles. The molecule has 84 valence electrons. The minimum Gasteiger partial charge on any atom is -0.343 e. The van der Waals surface area contributed by atoms with Gasteiger partial charge in [-0.1, -0.05) is 6.92 Å². The first-order valence-electron chi connectivity index (χ1n) is 5.24. The Morgan fingerprint density at radius 1 is 1.07 bits per heavy atom. The molecular weight excluding hydrogens is 196 g/mol. The van der Waals surface area contributed by atoms with Crippen LogP contribution >= 0.6 is 0 Å². The summed E-state index contributed by atoms with van der Waals surface area (Å²) in [6, 6.07) is 0. The maximum absolute atomic E-state index is 5.65. The third-order valence-corrected chi connectivity index (χ3v) is 2.64. The number of ether oxygens (including phenoxy) is 4. The van der Waals surface area contributed by atoms with Crippen LogP contribution in [0.5, 0.6) is 0 Å². The Hall–Kier alpha value is -0.600. The maximum atomic E-state index is 5.65. The molecule has 0 aromatic rings. The molecule has 0 saturated carbocycles. The highest BCUT2D eigenvalue weighted by atomic mass is 16.8.